The van der Waals surface area contributed by atoms with Crippen LogP contribution < -0.4 is 15.4 Å². The quantitative estimate of drug-likeness (QED) is 0.475. The van der Waals surface area contributed by atoms with Gasteiger partial charge in [0.1, 0.15) is 5.75 Å². The summed E-state index contributed by atoms with van der Waals surface area (Å²) in [5.74, 6) is 0.268. The number of carbonyl (C=O) groups excluding carboxylic acids is 1. The average molecular weight is 419 g/mol. The number of hydrogen-bond acceptors (Lipinski definition) is 4. The lowest BCUT2D eigenvalue weighted by molar-refractivity contribution is -0.138. The first-order valence-electron chi connectivity index (χ1n) is 9.74. The van der Waals surface area contributed by atoms with Crippen LogP contribution in [0.2, 0.25) is 0 Å². The zero-order valence-corrected chi connectivity index (χ0v) is 17.6. The smallest absolute Gasteiger partial charge is 0.338 e. The number of nitrogens with one attached hydrogen (secondary N) is 2. The Kier molecular flexibility index (Phi) is 5.68. The van der Waals surface area contributed by atoms with Gasteiger partial charge in [-0.1, -0.05) is 60.7 Å². The Morgan fingerprint density at radius 3 is 2.50 bits per heavy atom. The fraction of sp³-hybridized carbons (Fsp3) is 0.167. The summed E-state index contributed by atoms with van der Waals surface area (Å²) in [6, 6.07) is 21.0. The minimum atomic E-state index is -0.533. The third-order valence-electron chi connectivity index (χ3n) is 5.07. The fourth-order valence-electron chi connectivity index (χ4n) is 3.79. The van der Waals surface area contributed by atoms with Gasteiger partial charge in [0.05, 0.1) is 31.0 Å². The van der Waals surface area contributed by atoms with Crippen LogP contribution in [0, 0.1) is 0 Å². The molecule has 1 atom stereocenters. The first kappa shape index (κ1) is 19.9. The second-order valence-electron chi connectivity index (χ2n) is 6.81. The van der Waals surface area contributed by atoms with E-state index in [1.54, 1.807) is 14.0 Å². The first-order chi connectivity index (χ1) is 14.6. The number of hydrogen-bond donors (Lipinski definition) is 2. The van der Waals surface area contributed by atoms with Crippen molar-refractivity contribution in [1.82, 2.24) is 10.6 Å². The van der Waals surface area contributed by atoms with E-state index in [9.17, 15) is 4.79 Å². The van der Waals surface area contributed by atoms with Gasteiger partial charge in [-0.15, -0.1) is 0 Å². The summed E-state index contributed by atoms with van der Waals surface area (Å²) in [4.78, 5) is 13.2. The highest BCUT2D eigenvalue weighted by molar-refractivity contribution is 7.80. The van der Waals surface area contributed by atoms with Crippen molar-refractivity contribution in [2.24, 2.45) is 0 Å². The van der Waals surface area contributed by atoms with Crippen molar-refractivity contribution >= 4 is 39.8 Å². The molecule has 3 aromatic carbocycles. The highest BCUT2D eigenvalue weighted by Gasteiger charge is 2.35. The van der Waals surface area contributed by atoms with Gasteiger partial charge in [-0.05, 0) is 41.5 Å². The minimum Gasteiger partial charge on any atom is -0.496 e. The van der Waals surface area contributed by atoms with E-state index in [1.165, 1.54) is 0 Å². The van der Waals surface area contributed by atoms with Crippen LogP contribution in [-0.4, -0.2) is 24.8 Å². The Morgan fingerprint density at radius 1 is 1.03 bits per heavy atom. The summed E-state index contributed by atoms with van der Waals surface area (Å²) < 4.78 is 11.1. The second-order valence-corrected chi connectivity index (χ2v) is 7.22. The lowest BCUT2D eigenvalue weighted by Crippen LogP contribution is -2.45. The number of thiocarbonyl (C=S) groups is 1. The molecular weight excluding hydrogens is 396 g/mol. The van der Waals surface area contributed by atoms with Crippen LogP contribution in [0.5, 0.6) is 5.75 Å². The van der Waals surface area contributed by atoms with E-state index in [1.807, 2.05) is 66.7 Å². The molecule has 152 valence electrons. The Balaban J connectivity index is 2.02. The number of methoxy groups -OCH3 is 1. The summed E-state index contributed by atoms with van der Waals surface area (Å²) in [6.45, 7) is 2.07. The van der Waals surface area contributed by atoms with E-state index < -0.39 is 12.0 Å². The Morgan fingerprint density at radius 2 is 1.77 bits per heavy atom. The molecule has 4 rings (SSSR count). The molecule has 0 saturated carbocycles. The van der Waals surface area contributed by atoms with E-state index in [-0.39, 0.29) is 6.61 Å². The van der Waals surface area contributed by atoms with Gasteiger partial charge in [0.2, 0.25) is 0 Å². The molecule has 0 aliphatic carbocycles. The summed E-state index contributed by atoms with van der Waals surface area (Å²) in [5.41, 5.74) is 2.80. The van der Waals surface area contributed by atoms with Crippen LogP contribution in [0.4, 0.5) is 0 Å². The van der Waals surface area contributed by atoms with Crippen molar-refractivity contribution < 1.29 is 14.3 Å². The lowest BCUT2D eigenvalue weighted by atomic mass is 9.89. The molecule has 5 nitrogen and oxygen atoms in total. The maximum absolute atomic E-state index is 13.2. The summed E-state index contributed by atoms with van der Waals surface area (Å²) in [7, 11) is 1.62. The average Bonchev–Trinajstić information content (AvgIpc) is 2.78. The largest absolute Gasteiger partial charge is 0.496 e. The molecule has 0 saturated heterocycles. The van der Waals surface area contributed by atoms with E-state index in [2.05, 4.69) is 10.6 Å². The van der Waals surface area contributed by atoms with Crippen molar-refractivity contribution in [1.29, 1.82) is 0 Å². The Bertz CT molecular complexity index is 1140. The summed E-state index contributed by atoms with van der Waals surface area (Å²) >= 11 is 5.52. The van der Waals surface area contributed by atoms with E-state index >= 15 is 0 Å². The molecule has 1 unspecified atom stereocenters. The van der Waals surface area contributed by atoms with Crippen molar-refractivity contribution in [2.75, 3.05) is 13.7 Å². The predicted molar refractivity (Wildman–Crippen MR) is 122 cm³/mol. The zero-order chi connectivity index (χ0) is 21.1. The van der Waals surface area contributed by atoms with E-state index in [0.29, 0.717) is 22.1 Å². The van der Waals surface area contributed by atoms with Gasteiger partial charge in [0.25, 0.3) is 0 Å². The van der Waals surface area contributed by atoms with Crippen LogP contribution in [0.1, 0.15) is 24.1 Å². The molecule has 0 aromatic heterocycles. The molecule has 0 amide bonds. The maximum atomic E-state index is 13.2. The topological polar surface area (TPSA) is 59.6 Å². The van der Waals surface area contributed by atoms with Crippen molar-refractivity contribution in [3.05, 3.63) is 83.4 Å². The van der Waals surface area contributed by atoms with Gasteiger partial charge >= 0.3 is 5.97 Å². The summed E-state index contributed by atoms with van der Waals surface area (Å²) in [5, 5.41) is 8.89. The third-order valence-corrected chi connectivity index (χ3v) is 5.29. The highest BCUT2D eigenvalue weighted by Crippen LogP contribution is 2.40. The molecule has 3 aromatic rings. The van der Waals surface area contributed by atoms with Crippen LogP contribution in [-0.2, 0) is 9.53 Å². The van der Waals surface area contributed by atoms with Gasteiger partial charge in [-0.2, -0.15) is 0 Å². The number of esters is 1. The third kappa shape index (κ3) is 3.62. The lowest BCUT2D eigenvalue weighted by Gasteiger charge is -2.32. The van der Waals surface area contributed by atoms with Gasteiger partial charge in [-0.3, -0.25) is 0 Å². The Labute approximate surface area is 180 Å². The molecule has 6 heteroatoms. The normalized spacial score (nSPS) is 16.1. The number of fused-ring (bicyclic) bond motifs is 1. The first-order valence-corrected chi connectivity index (χ1v) is 10.1. The van der Waals surface area contributed by atoms with Crippen LogP contribution in [0.15, 0.2) is 72.3 Å². The highest BCUT2D eigenvalue weighted by atomic mass is 32.1. The fourth-order valence-corrected chi connectivity index (χ4v) is 4.01. The molecule has 0 spiro atoms. The number of benzene rings is 3. The number of rotatable bonds is 5. The van der Waals surface area contributed by atoms with Crippen LogP contribution in [0.25, 0.3) is 16.5 Å². The Hall–Kier alpha value is -3.38. The molecule has 1 heterocycles. The van der Waals surface area contributed by atoms with Crippen LogP contribution in [0.3, 0.4) is 0 Å². The maximum Gasteiger partial charge on any atom is 0.338 e. The van der Waals surface area contributed by atoms with Gasteiger partial charge in [0, 0.05) is 5.56 Å². The van der Waals surface area contributed by atoms with E-state index in [4.69, 9.17) is 21.7 Å². The molecule has 0 fully saturated rings. The number of carbonyl (C=O) groups is 1. The summed E-state index contributed by atoms with van der Waals surface area (Å²) in [6.07, 6.45) is 0. The van der Waals surface area contributed by atoms with Gasteiger partial charge in [0.15, 0.2) is 5.11 Å². The molecule has 0 radical (unpaired) electrons. The van der Waals surface area contributed by atoms with E-state index in [0.717, 1.165) is 21.9 Å². The number of ether oxygens (including phenoxy) is 2. The molecule has 0 bridgehead atoms. The van der Waals surface area contributed by atoms with Crippen molar-refractivity contribution in [3.63, 3.8) is 0 Å². The van der Waals surface area contributed by atoms with Crippen molar-refractivity contribution in [2.45, 2.75) is 13.0 Å². The standard InChI is InChI=1S/C24H22N2O3S/c1-3-29-23(27)20-21(16-10-5-4-6-11-16)25-24(30)26-22(20)19-17-12-8-7-9-15(17)13-14-18(19)28-2/h4-14,22H,3H2,1-2H3,(H2,25,26,30). The molecular formula is C24H22N2O3S. The second kappa shape index (κ2) is 8.55. The SMILES string of the molecule is CCOC(=O)C1=C(c2ccccc2)NC(=S)NC1c1c(OC)ccc2ccccc12. The minimum absolute atomic E-state index is 0.272. The van der Waals surface area contributed by atoms with Gasteiger partial charge in [-0.25, -0.2) is 4.79 Å². The van der Waals surface area contributed by atoms with Crippen molar-refractivity contribution in [3.8, 4) is 5.75 Å². The zero-order valence-electron chi connectivity index (χ0n) is 16.8. The monoisotopic (exact) mass is 418 g/mol. The predicted octanol–water partition coefficient (Wildman–Crippen LogP) is 4.34. The molecule has 1 aliphatic rings. The molecule has 30 heavy (non-hydrogen) atoms. The van der Waals surface area contributed by atoms with Gasteiger partial charge < -0.3 is 20.1 Å². The molecule has 2 N–H and O–H groups in total. The molecule has 1 aliphatic heterocycles. The van der Waals surface area contributed by atoms with Crippen LogP contribution >= 0.6 is 12.2 Å².